The first kappa shape index (κ1) is 19.3. The summed E-state index contributed by atoms with van der Waals surface area (Å²) in [4.78, 5) is 17.1. The second-order valence-corrected chi connectivity index (χ2v) is 8.19. The highest BCUT2D eigenvalue weighted by Crippen LogP contribution is 2.48. The number of amides is 2. The Hall–Kier alpha value is -3.70. The van der Waals surface area contributed by atoms with Crippen molar-refractivity contribution in [2.75, 3.05) is 10.2 Å². The van der Waals surface area contributed by atoms with Crippen molar-refractivity contribution in [3.8, 4) is 5.75 Å². The van der Waals surface area contributed by atoms with Crippen LogP contribution in [0, 0.1) is 0 Å². The van der Waals surface area contributed by atoms with Crippen LogP contribution in [0.1, 0.15) is 5.56 Å². The van der Waals surface area contributed by atoms with Gasteiger partial charge in [0.25, 0.3) is 0 Å². The molecule has 1 N–H and O–H groups in total. The van der Waals surface area contributed by atoms with Crippen LogP contribution in [0.3, 0.4) is 0 Å². The minimum atomic E-state index is -0.196. The van der Waals surface area contributed by atoms with E-state index in [1.54, 1.807) is 16.7 Å². The maximum absolute atomic E-state index is 13.3. The normalized spacial score (nSPS) is 11.9. The van der Waals surface area contributed by atoms with Gasteiger partial charge in [0, 0.05) is 15.5 Å². The largest absolute Gasteiger partial charge is 0.489 e. The Labute approximate surface area is 185 Å². The summed E-state index contributed by atoms with van der Waals surface area (Å²) in [6.07, 6.45) is 0. The van der Waals surface area contributed by atoms with Crippen LogP contribution in [-0.2, 0) is 6.61 Å². The molecule has 0 aliphatic carbocycles. The molecule has 2 amide bonds. The number of urea groups is 1. The van der Waals surface area contributed by atoms with E-state index in [9.17, 15) is 4.79 Å². The number of hydrogen-bond donors (Lipinski definition) is 1. The molecule has 152 valence electrons. The maximum Gasteiger partial charge on any atom is 0.331 e. The molecule has 0 fully saturated rings. The number of anilines is 3. The number of ether oxygens (including phenoxy) is 1. The predicted molar refractivity (Wildman–Crippen MR) is 125 cm³/mol. The zero-order valence-corrected chi connectivity index (χ0v) is 17.5. The molecule has 1 aliphatic heterocycles. The molecule has 1 heterocycles. The summed E-state index contributed by atoms with van der Waals surface area (Å²) in [7, 11) is 0. The van der Waals surface area contributed by atoms with Crippen molar-refractivity contribution in [2.45, 2.75) is 16.4 Å². The first-order valence-electron chi connectivity index (χ1n) is 10.0. The van der Waals surface area contributed by atoms with Crippen molar-refractivity contribution >= 4 is 34.9 Å². The minimum absolute atomic E-state index is 0.196. The van der Waals surface area contributed by atoms with Gasteiger partial charge in [0.1, 0.15) is 12.4 Å². The molecule has 0 saturated heterocycles. The number of carbonyl (C=O) groups excluding carboxylic acids is 1. The Bertz CT molecular complexity index is 1160. The Morgan fingerprint density at radius 2 is 1.32 bits per heavy atom. The van der Waals surface area contributed by atoms with Crippen LogP contribution in [-0.4, -0.2) is 6.03 Å². The van der Waals surface area contributed by atoms with Crippen LogP contribution in [0.2, 0.25) is 0 Å². The highest BCUT2D eigenvalue weighted by atomic mass is 32.2. The van der Waals surface area contributed by atoms with Gasteiger partial charge in [0.05, 0.1) is 11.4 Å². The van der Waals surface area contributed by atoms with Gasteiger partial charge in [-0.1, -0.05) is 66.4 Å². The summed E-state index contributed by atoms with van der Waals surface area (Å²) in [5, 5.41) is 3.02. The molecular formula is C26H20N2O2S. The number of hydrogen-bond acceptors (Lipinski definition) is 3. The van der Waals surface area contributed by atoms with Gasteiger partial charge in [-0.05, 0) is 54.1 Å². The smallest absolute Gasteiger partial charge is 0.331 e. The molecule has 4 aromatic carbocycles. The van der Waals surface area contributed by atoms with Gasteiger partial charge in [-0.3, -0.25) is 4.90 Å². The number of fused-ring (bicyclic) bond motifs is 2. The highest BCUT2D eigenvalue weighted by Gasteiger charge is 2.27. The highest BCUT2D eigenvalue weighted by molar-refractivity contribution is 7.99. The van der Waals surface area contributed by atoms with Crippen LogP contribution >= 0.6 is 11.8 Å². The molecule has 31 heavy (non-hydrogen) atoms. The summed E-state index contributed by atoms with van der Waals surface area (Å²) in [5.41, 5.74) is 3.59. The van der Waals surface area contributed by atoms with E-state index in [4.69, 9.17) is 4.74 Å². The molecule has 0 atom stereocenters. The first-order valence-corrected chi connectivity index (χ1v) is 10.8. The van der Waals surface area contributed by atoms with Gasteiger partial charge < -0.3 is 10.1 Å². The van der Waals surface area contributed by atoms with E-state index in [1.165, 1.54) is 0 Å². The fourth-order valence-electron chi connectivity index (χ4n) is 3.48. The molecular weight excluding hydrogens is 404 g/mol. The second-order valence-electron chi connectivity index (χ2n) is 7.10. The van der Waals surface area contributed by atoms with E-state index in [2.05, 4.69) is 5.32 Å². The summed E-state index contributed by atoms with van der Waals surface area (Å²) in [5.74, 6) is 0.756. The third-order valence-corrected chi connectivity index (χ3v) is 6.12. The van der Waals surface area contributed by atoms with Crippen molar-refractivity contribution in [1.29, 1.82) is 0 Å². The van der Waals surface area contributed by atoms with E-state index >= 15 is 0 Å². The molecule has 5 heteroatoms. The number of carbonyl (C=O) groups is 1. The fraction of sp³-hybridized carbons (Fsp3) is 0.0385. The number of para-hydroxylation sites is 2. The quantitative estimate of drug-likeness (QED) is 0.380. The average Bonchev–Trinajstić information content (AvgIpc) is 2.82. The molecule has 0 spiro atoms. The minimum Gasteiger partial charge on any atom is -0.489 e. The van der Waals surface area contributed by atoms with Crippen LogP contribution < -0.4 is 15.0 Å². The summed E-state index contributed by atoms with van der Waals surface area (Å²) < 4.78 is 5.84. The van der Waals surface area contributed by atoms with Gasteiger partial charge in [-0.25, -0.2) is 4.79 Å². The topological polar surface area (TPSA) is 41.6 Å². The molecule has 4 aromatic rings. The zero-order chi connectivity index (χ0) is 21.0. The zero-order valence-electron chi connectivity index (χ0n) is 16.7. The van der Waals surface area contributed by atoms with Crippen molar-refractivity contribution in [1.82, 2.24) is 0 Å². The lowest BCUT2D eigenvalue weighted by Crippen LogP contribution is -2.32. The standard InChI is InChI=1S/C26H20N2O2S/c29-26(27-20-14-16-21(17-15-20)30-18-19-8-2-1-3-9-19)28-22-10-4-6-12-24(22)31-25-13-7-5-11-23(25)28/h1-17H,18H2,(H,27,29). The lowest BCUT2D eigenvalue weighted by atomic mass is 10.2. The molecule has 0 unspecified atom stereocenters. The van der Waals surface area contributed by atoms with Crippen LogP contribution in [0.15, 0.2) is 113 Å². The molecule has 0 bridgehead atoms. The van der Waals surface area contributed by atoms with Crippen molar-refractivity contribution < 1.29 is 9.53 Å². The van der Waals surface area contributed by atoms with Crippen molar-refractivity contribution in [2.24, 2.45) is 0 Å². The third kappa shape index (κ3) is 4.13. The van der Waals surface area contributed by atoms with Gasteiger partial charge in [-0.2, -0.15) is 0 Å². The summed E-state index contributed by atoms with van der Waals surface area (Å²) in [6, 6.07) is 33.2. The van der Waals surface area contributed by atoms with E-state index in [1.807, 2.05) is 103 Å². The Morgan fingerprint density at radius 1 is 0.742 bits per heavy atom. The predicted octanol–water partition coefficient (Wildman–Crippen LogP) is 7.10. The Balaban J connectivity index is 1.32. The van der Waals surface area contributed by atoms with E-state index in [0.29, 0.717) is 12.3 Å². The van der Waals surface area contributed by atoms with Crippen LogP contribution in [0.25, 0.3) is 0 Å². The van der Waals surface area contributed by atoms with E-state index < -0.39 is 0 Å². The van der Waals surface area contributed by atoms with Gasteiger partial charge in [0.15, 0.2) is 0 Å². The number of nitrogens with one attached hydrogen (secondary N) is 1. The SMILES string of the molecule is O=C(Nc1ccc(OCc2ccccc2)cc1)N1c2ccccc2Sc2ccccc21. The number of rotatable bonds is 4. The molecule has 0 radical (unpaired) electrons. The average molecular weight is 425 g/mol. The Morgan fingerprint density at radius 3 is 1.97 bits per heavy atom. The molecule has 1 aliphatic rings. The van der Waals surface area contributed by atoms with Crippen LogP contribution in [0.5, 0.6) is 5.75 Å². The van der Waals surface area contributed by atoms with Gasteiger partial charge in [0.2, 0.25) is 0 Å². The van der Waals surface area contributed by atoms with Crippen LogP contribution in [0.4, 0.5) is 21.9 Å². The summed E-state index contributed by atoms with van der Waals surface area (Å²) >= 11 is 1.68. The lowest BCUT2D eigenvalue weighted by Gasteiger charge is -2.31. The van der Waals surface area contributed by atoms with E-state index in [-0.39, 0.29) is 6.03 Å². The second kappa shape index (κ2) is 8.58. The Kier molecular flexibility index (Phi) is 5.33. The summed E-state index contributed by atoms with van der Waals surface area (Å²) in [6.45, 7) is 0.506. The molecule has 0 aromatic heterocycles. The molecule has 0 saturated carbocycles. The first-order chi connectivity index (χ1) is 15.3. The number of nitrogens with zero attached hydrogens (tertiary/aromatic N) is 1. The monoisotopic (exact) mass is 424 g/mol. The van der Waals surface area contributed by atoms with E-state index in [0.717, 1.165) is 32.5 Å². The number of benzene rings is 4. The third-order valence-electron chi connectivity index (χ3n) is 4.99. The molecule has 5 rings (SSSR count). The van der Waals surface area contributed by atoms with Crippen molar-refractivity contribution in [3.05, 3.63) is 109 Å². The van der Waals surface area contributed by atoms with Crippen molar-refractivity contribution in [3.63, 3.8) is 0 Å². The molecule has 4 nitrogen and oxygen atoms in total. The lowest BCUT2D eigenvalue weighted by molar-refractivity contribution is 0.258. The van der Waals surface area contributed by atoms with Gasteiger partial charge in [-0.15, -0.1) is 0 Å². The fourth-order valence-corrected chi connectivity index (χ4v) is 4.54. The van der Waals surface area contributed by atoms with Gasteiger partial charge >= 0.3 is 6.03 Å². The maximum atomic E-state index is 13.3.